The first-order chi connectivity index (χ1) is 8.74. The Labute approximate surface area is 107 Å². The van der Waals surface area contributed by atoms with Crippen LogP contribution in [0.1, 0.15) is 6.42 Å². The molecule has 0 radical (unpaired) electrons. The smallest absolute Gasteiger partial charge is 0.0771 e. The molecular weight excluding hydrogens is 232 g/mol. The summed E-state index contributed by atoms with van der Waals surface area (Å²) in [6.07, 6.45) is 0.841. The second-order valence-electron chi connectivity index (χ2n) is 4.53. The molecule has 100 valence electrons. The van der Waals surface area contributed by atoms with Crippen molar-refractivity contribution in [3.63, 3.8) is 0 Å². The molecule has 1 heterocycles. The van der Waals surface area contributed by atoms with Crippen LogP contribution in [0.25, 0.3) is 0 Å². The molecule has 1 aromatic rings. The molecule has 0 bridgehead atoms. The molecule has 0 spiro atoms. The fraction of sp³-hybridized carbons (Fsp3) is 0.538. The highest BCUT2D eigenvalue weighted by molar-refractivity contribution is 5.54. The maximum Gasteiger partial charge on any atom is 0.0771 e. The van der Waals surface area contributed by atoms with Gasteiger partial charge in [-0.1, -0.05) is 0 Å². The van der Waals surface area contributed by atoms with Crippen LogP contribution in [0.5, 0.6) is 0 Å². The number of aliphatic hydroxyl groups excluding tert-OH is 2. The van der Waals surface area contributed by atoms with E-state index in [4.69, 9.17) is 15.6 Å². The maximum absolute atomic E-state index is 9.42. The van der Waals surface area contributed by atoms with E-state index in [-0.39, 0.29) is 25.4 Å². The monoisotopic (exact) mass is 252 g/mol. The summed E-state index contributed by atoms with van der Waals surface area (Å²) in [6.45, 7) is 1.21. The number of hydrogen-bond acceptors (Lipinski definition) is 5. The van der Waals surface area contributed by atoms with Crippen molar-refractivity contribution in [2.45, 2.75) is 18.6 Å². The van der Waals surface area contributed by atoms with Crippen LogP contribution in [-0.4, -0.2) is 48.7 Å². The van der Waals surface area contributed by atoms with Crippen LogP contribution in [0.2, 0.25) is 0 Å². The van der Waals surface area contributed by atoms with Crippen molar-refractivity contribution in [1.29, 1.82) is 0 Å². The van der Waals surface area contributed by atoms with Gasteiger partial charge in [0.15, 0.2) is 0 Å². The molecule has 2 rings (SSSR count). The van der Waals surface area contributed by atoms with Crippen molar-refractivity contribution in [3.8, 4) is 0 Å². The molecule has 1 fully saturated rings. The summed E-state index contributed by atoms with van der Waals surface area (Å²) in [5, 5.41) is 18.2. The number of hydrogen-bond donors (Lipinski definition) is 3. The van der Waals surface area contributed by atoms with Gasteiger partial charge in [0.1, 0.15) is 0 Å². The second-order valence-corrected chi connectivity index (χ2v) is 4.53. The van der Waals surface area contributed by atoms with Crippen molar-refractivity contribution in [3.05, 3.63) is 24.3 Å². The largest absolute Gasteiger partial charge is 0.399 e. The van der Waals surface area contributed by atoms with Gasteiger partial charge in [0.2, 0.25) is 0 Å². The van der Waals surface area contributed by atoms with Crippen LogP contribution >= 0.6 is 0 Å². The van der Waals surface area contributed by atoms with E-state index < -0.39 is 0 Å². The Balaban J connectivity index is 2.04. The molecule has 1 aromatic carbocycles. The number of rotatable bonds is 5. The zero-order valence-corrected chi connectivity index (χ0v) is 10.3. The molecule has 4 N–H and O–H groups in total. The van der Waals surface area contributed by atoms with E-state index in [1.165, 1.54) is 0 Å². The lowest BCUT2D eigenvalue weighted by Gasteiger charge is -2.25. The van der Waals surface area contributed by atoms with Gasteiger partial charge in [0.05, 0.1) is 32.0 Å². The molecule has 1 aliphatic rings. The third kappa shape index (κ3) is 2.93. The number of nitrogens with two attached hydrogens (primary N) is 1. The molecule has 0 aliphatic carbocycles. The minimum atomic E-state index is 0.0299. The molecule has 1 saturated heterocycles. The topological polar surface area (TPSA) is 79.0 Å². The fourth-order valence-corrected chi connectivity index (χ4v) is 2.37. The normalized spacial score (nSPS) is 23.6. The molecule has 0 amide bonds. The molecule has 18 heavy (non-hydrogen) atoms. The van der Waals surface area contributed by atoms with Crippen LogP contribution in [0.15, 0.2) is 24.3 Å². The molecule has 0 saturated carbocycles. The van der Waals surface area contributed by atoms with Gasteiger partial charge in [-0.3, -0.25) is 0 Å². The highest BCUT2D eigenvalue weighted by Crippen LogP contribution is 2.27. The fourth-order valence-electron chi connectivity index (χ4n) is 2.37. The van der Waals surface area contributed by atoms with Crippen LogP contribution < -0.4 is 10.6 Å². The number of ether oxygens (including phenoxy) is 1. The van der Waals surface area contributed by atoms with Crippen molar-refractivity contribution < 1.29 is 14.9 Å². The SMILES string of the molecule is Nc1ccc(N2CC(OCCO)CC2CO)cc1. The lowest BCUT2D eigenvalue weighted by molar-refractivity contribution is 0.0382. The predicted octanol–water partition coefficient (Wildman–Crippen LogP) is 0.217. The number of aliphatic hydroxyl groups is 2. The van der Waals surface area contributed by atoms with Gasteiger partial charge in [-0.15, -0.1) is 0 Å². The Kier molecular flexibility index (Phi) is 4.41. The van der Waals surface area contributed by atoms with Gasteiger partial charge >= 0.3 is 0 Å². The molecule has 2 atom stereocenters. The minimum absolute atomic E-state index is 0.0299. The second kappa shape index (κ2) is 6.04. The molecule has 5 heteroatoms. The Bertz CT molecular complexity index is 369. The number of nitrogens with zero attached hydrogens (tertiary/aromatic N) is 1. The van der Waals surface area contributed by atoms with E-state index in [1.54, 1.807) is 0 Å². The lowest BCUT2D eigenvalue weighted by atomic mass is 10.2. The van der Waals surface area contributed by atoms with Crippen LogP contribution in [0, 0.1) is 0 Å². The molecule has 5 nitrogen and oxygen atoms in total. The highest BCUT2D eigenvalue weighted by Gasteiger charge is 2.32. The average molecular weight is 252 g/mol. The van der Waals surface area contributed by atoms with E-state index in [2.05, 4.69) is 4.90 Å². The zero-order valence-electron chi connectivity index (χ0n) is 10.3. The van der Waals surface area contributed by atoms with E-state index in [0.29, 0.717) is 6.61 Å². The molecule has 2 unspecified atom stereocenters. The van der Waals surface area contributed by atoms with Crippen molar-refractivity contribution >= 4 is 11.4 Å². The molecule has 1 aliphatic heterocycles. The van der Waals surface area contributed by atoms with Crippen LogP contribution in [-0.2, 0) is 4.74 Å². The van der Waals surface area contributed by atoms with Gasteiger partial charge in [-0.2, -0.15) is 0 Å². The van der Waals surface area contributed by atoms with Gasteiger partial charge in [-0.25, -0.2) is 0 Å². The predicted molar refractivity (Wildman–Crippen MR) is 70.5 cm³/mol. The Morgan fingerprint density at radius 1 is 1.28 bits per heavy atom. The third-order valence-electron chi connectivity index (χ3n) is 3.26. The van der Waals surface area contributed by atoms with Crippen molar-refractivity contribution in [1.82, 2.24) is 0 Å². The number of nitrogen functional groups attached to an aromatic ring is 1. The summed E-state index contributed by atoms with van der Waals surface area (Å²) in [4.78, 5) is 2.13. The molecular formula is C13H20N2O3. The van der Waals surface area contributed by atoms with Gasteiger partial charge in [0.25, 0.3) is 0 Å². The van der Waals surface area contributed by atoms with Crippen LogP contribution in [0.3, 0.4) is 0 Å². The van der Waals surface area contributed by atoms with Gasteiger partial charge in [-0.05, 0) is 30.7 Å². The number of anilines is 2. The van der Waals surface area contributed by atoms with Crippen molar-refractivity contribution in [2.24, 2.45) is 0 Å². The summed E-state index contributed by atoms with van der Waals surface area (Å²) in [5.41, 5.74) is 7.43. The number of benzene rings is 1. The van der Waals surface area contributed by atoms with Crippen LogP contribution in [0.4, 0.5) is 11.4 Å². The van der Waals surface area contributed by atoms with Gasteiger partial charge < -0.3 is 25.6 Å². The Hall–Kier alpha value is -1.30. The Morgan fingerprint density at radius 3 is 2.61 bits per heavy atom. The van der Waals surface area contributed by atoms with E-state index in [1.807, 2.05) is 24.3 Å². The Morgan fingerprint density at radius 2 is 2.00 bits per heavy atom. The third-order valence-corrected chi connectivity index (χ3v) is 3.26. The van der Waals surface area contributed by atoms with E-state index in [9.17, 15) is 5.11 Å². The zero-order chi connectivity index (χ0) is 13.0. The minimum Gasteiger partial charge on any atom is -0.399 e. The first kappa shape index (κ1) is 13.1. The summed E-state index contributed by atoms with van der Waals surface area (Å²) in [6, 6.07) is 7.67. The summed E-state index contributed by atoms with van der Waals surface area (Å²) >= 11 is 0. The average Bonchev–Trinajstić information content (AvgIpc) is 2.80. The standard InChI is InChI=1S/C13H20N2O3/c14-10-1-3-11(4-2-10)15-8-13(18-6-5-16)7-12(15)9-17/h1-4,12-13,16-17H,5-9,14H2. The van der Waals surface area contributed by atoms with E-state index in [0.717, 1.165) is 24.3 Å². The molecule has 0 aromatic heterocycles. The maximum atomic E-state index is 9.42. The summed E-state index contributed by atoms with van der Waals surface area (Å²) in [5.74, 6) is 0. The highest BCUT2D eigenvalue weighted by atomic mass is 16.5. The lowest BCUT2D eigenvalue weighted by Crippen LogP contribution is -2.32. The van der Waals surface area contributed by atoms with E-state index >= 15 is 0 Å². The first-order valence-corrected chi connectivity index (χ1v) is 6.20. The van der Waals surface area contributed by atoms with Crippen molar-refractivity contribution in [2.75, 3.05) is 37.0 Å². The summed E-state index contributed by atoms with van der Waals surface area (Å²) < 4.78 is 5.53. The van der Waals surface area contributed by atoms with Gasteiger partial charge in [0, 0.05) is 17.9 Å². The first-order valence-electron chi connectivity index (χ1n) is 6.20. The quantitative estimate of drug-likeness (QED) is 0.653. The summed E-state index contributed by atoms with van der Waals surface area (Å²) in [7, 11) is 0.